The van der Waals surface area contributed by atoms with E-state index in [4.69, 9.17) is 5.14 Å². The van der Waals surface area contributed by atoms with Crippen LogP contribution >= 0.6 is 0 Å². The highest BCUT2D eigenvalue weighted by Gasteiger charge is 2.23. The molecule has 0 fully saturated rings. The molecule has 2 aromatic carbocycles. The van der Waals surface area contributed by atoms with Gasteiger partial charge in [-0.05, 0) is 29.8 Å². The first-order valence-corrected chi connectivity index (χ1v) is 7.84. The number of benzene rings is 2. The Bertz CT molecular complexity index is 871. The standard InChI is InChI=1S/C15H12N2O4S/c16-22(19,20)21-11-7-5-10(6-8-11)9-13-12-3-1-2-4-14(12)17-15(13)18/h1-9H,(H,17,18)(H2,16,19,20)/b13-9-. The smallest absolute Gasteiger partial charge is 0.371 e. The van der Waals surface area contributed by atoms with Crippen LogP contribution in [0.4, 0.5) is 5.69 Å². The molecule has 1 amide bonds. The Hall–Kier alpha value is -2.64. The van der Waals surface area contributed by atoms with Gasteiger partial charge in [-0.3, -0.25) is 4.79 Å². The first-order chi connectivity index (χ1) is 10.4. The molecule has 1 aliphatic rings. The summed E-state index contributed by atoms with van der Waals surface area (Å²) in [5.41, 5.74) is 2.89. The minimum atomic E-state index is -4.04. The summed E-state index contributed by atoms with van der Waals surface area (Å²) in [4.78, 5) is 12.0. The van der Waals surface area contributed by atoms with Crippen LogP contribution in [0.15, 0.2) is 48.5 Å². The lowest BCUT2D eigenvalue weighted by Gasteiger charge is -2.03. The molecule has 3 rings (SSSR count). The number of fused-ring (bicyclic) bond motifs is 1. The van der Waals surface area contributed by atoms with Gasteiger partial charge in [0.25, 0.3) is 5.91 Å². The second-order valence-corrected chi connectivity index (χ2v) is 5.86. The van der Waals surface area contributed by atoms with E-state index in [-0.39, 0.29) is 11.7 Å². The summed E-state index contributed by atoms with van der Waals surface area (Å²) in [5, 5.41) is 7.58. The van der Waals surface area contributed by atoms with Crippen LogP contribution in [0.25, 0.3) is 11.6 Å². The van der Waals surface area contributed by atoms with Crippen molar-refractivity contribution in [2.75, 3.05) is 5.32 Å². The van der Waals surface area contributed by atoms with Crippen LogP contribution in [-0.4, -0.2) is 14.3 Å². The number of para-hydroxylation sites is 1. The number of carbonyl (C=O) groups is 1. The predicted molar refractivity (Wildman–Crippen MR) is 83.1 cm³/mol. The molecule has 2 aromatic rings. The molecule has 3 N–H and O–H groups in total. The van der Waals surface area contributed by atoms with Crippen molar-refractivity contribution in [2.24, 2.45) is 5.14 Å². The zero-order valence-corrected chi connectivity index (χ0v) is 12.1. The highest BCUT2D eigenvalue weighted by Crippen LogP contribution is 2.32. The monoisotopic (exact) mass is 316 g/mol. The third-order valence-electron chi connectivity index (χ3n) is 3.11. The maximum atomic E-state index is 12.0. The van der Waals surface area contributed by atoms with Crippen LogP contribution in [0.5, 0.6) is 5.75 Å². The maximum absolute atomic E-state index is 12.0. The SMILES string of the molecule is NS(=O)(=O)Oc1ccc(/C=C2\C(=O)Nc3ccccc32)cc1. The van der Waals surface area contributed by atoms with Crippen LogP contribution in [0, 0.1) is 0 Å². The number of rotatable bonds is 3. The fourth-order valence-electron chi connectivity index (χ4n) is 2.20. The van der Waals surface area contributed by atoms with Crippen molar-refractivity contribution in [1.29, 1.82) is 0 Å². The lowest BCUT2D eigenvalue weighted by molar-refractivity contribution is -0.110. The molecule has 0 atom stereocenters. The number of anilines is 1. The van der Waals surface area contributed by atoms with Gasteiger partial charge >= 0.3 is 10.3 Å². The van der Waals surface area contributed by atoms with E-state index in [1.54, 1.807) is 18.2 Å². The summed E-state index contributed by atoms with van der Waals surface area (Å²) >= 11 is 0. The number of nitrogens with one attached hydrogen (secondary N) is 1. The van der Waals surface area contributed by atoms with E-state index in [0.29, 0.717) is 5.57 Å². The Morgan fingerprint density at radius 3 is 2.41 bits per heavy atom. The van der Waals surface area contributed by atoms with Gasteiger partial charge in [-0.25, -0.2) is 0 Å². The van der Waals surface area contributed by atoms with E-state index in [2.05, 4.69) is 9.50 Å². The van der Waals surface area contributed by atoms with Gasteiger partial charge in [0.15, 0.2) is 0 Å². The molecule has 0 spiro atoms. The maximum Gasteiger partial charge on any atom is 0.380 e. The molecule has 7 heteroatoms. The van der Waals surface area contributed by atoms with Crippen LogP contribution in [-0.2, 0) is 15.1 Å². The Labute approximate surface area is 127 Å². The molecule has 22 heavy (non-hydrogen) atoms. The van der Waals surface area contributed by atoms with Gasteiger partial charge in [-0.2, -0.15) is 13.6 Å². The van der Waals surface area contributed by atoms with Gasteiger partial charge in [0.05, 0.1) is 0 Å². The molecular weight excluding hydrogens is 304 g/mol. The second-order valence-electron chi connectivity index (χ2n) is 4.70. The van der Waals surface area contributed by atoms with Crippen molar-refractivity contribution < 1.29 is 17.4 Å². The summed E-state index contributed by atoms with van der Waals surface area (Å²) in [6.07, 6.45) is 1.72. The molecule has 112 valence electrons. The quantitative estimate of drug-likeness (QED) is 0.843. The normalized spacial score (nSPS) is 15.5. The highest BCUT2D eigenvalue weighted by molar-refractivity contribution is 7.84. The molecule has 0 aliphatic carbocycles. The molecule has 0 bridgehead atoms. The van der Waals surface area contributed by atoms with E-state index < -0.39 is 10.3 Å². The van der Waals surface area contributed by atoms with Crippen molar-refractivity contribution in [3.63, 3.8) is 0 Å². The minimum absolute atomic E-state index is 0.112. The van der Waals surface area contributed by atoms with Gasteiger partial charge in [0, 0.05) is 16.8 Å². The van der Waals surface area contributed by atoms with Crippen molar-refractivity contribution in [2.45, 2.75) is 0 Å². The average Bonchev–Trinajstić information content (AvgIpc) is 2.76. The van der Waals surface area contributed by atoms with Gasteiger partial charge in [0.2, 0.25) is 0 Å². The fraction of sp³-hybridized carbons (Fsp3) is 0. The zero-order chi connectivity index (χ0) is 15.7. The number of hydrogen-bond donors (Lipinski definition) is 2. The first kappa shape index (κ1) is 14.3. The third kappa shape index (κ3) is 3.00. The van der Waals surface area contributed by atoms with Crippen LogP contribution in [0.1, 0.15) is 11.1 Å². The zero-order valence-electron chi connectivity index (χ0n) is 11.3. The number of amides is 1. The topological polar surface area (TPSA) is 98.5 Å². The molecule has 0 saturated carbocycles. The predicted octanol–water partition coefficient (Wildman–Crippen LogP) is 1.76. The van der Waals surface area contributed by atoms with Crippen molar-refractivity contribution in [1.82, 2.24) is 0 Å². The lowest BCUT2D eigenvalue weighted by Crippen LogP contribution is -2.18. The largest absolute Gasteiger partial charge is 0.380 e. The Kier molecular flexibility index (Phi) is 3.44. The molecule has 6 nitrogen and oxygen atoms in total. The average molecular weight is 316 g/mol. The number of carbonyl (C=O) groups excluding carboxylic acids is 1. The molecule has 0 saturated heterocycles. The fourth-order valence-corrected chi connectivity index (χ4v) is 2.58. The summed E-state index contributed by atoms with van der Waals surface area (Å²) < 4.78 is 26.2. The molecule has 1 heterocycles. The second kappa shape index (κ2) is 5.28. The summed E-state index contributed by atoms with van der Waals surface area (Å²) in [7, 11) is -4.04. The third-order valence-corrected chi connectivity index (χ3v) is 3.54. The highest BCUT2D eigenvalue weighted by atomic mass is 32.2. The first-order valence-electron chi connectivity index (χ1n) is 6.37. The Balaban J connectivity index is 1.91. The minimum Gasteiger partial charge on any atom is -0.371 e. The van der Waals surface area contributed by atoms with Gasteiger partial charge < -0.3 is 9.50 Å². The Morgan fingerprint density at radius 2 is 1.73 bits per heavy atom. The molecule has 0 aromatic heterocycles. The van der Waals surface area contributed by atoms with E-state index in [9.17, 15) is 13.2 Å². The molecule has 0 radical (unpaired) electrons. The summed E-state index contributed by atoms with van der Waals surface area (Å²) in [6.45, 7) is 0. The van der Waals surface area contributed by atoms with Crippen molar-refractivity contribution in [3.8, 4) is 5.75 Å². The summed E-state index contributed by atoms with van der Waals surface area (Å²) in [5.74, 6) is -0.0630. The van der Waals surface area contributed by atoms with Crippen molar-refractivity contribution >= 4 is 33.5 Å². The van der Waals surface area contributed by atoms with Gasteiger partial charge in [0.1, 0.15) is 5.75 Å². The molecular formula is C15H12N2O4S. The van der Waals surface area contributed by atoms with Crippen LogP contribution in [0.2, 0.25) is 0 Å². The Morgan fingerprint density at radius 1 is 1.05 bits per heavy atom. The van der Waals surface area contributed by atoms with E-state index in [1.807, 2.05) is 24.3 Å². The number of hydrogen-bond acceptors (Lipinski definition) is 4. The lowest BCUT2D eigenvalue weighted by atomic mass is 10.0. The van der Waals surface area contributed by atoms with Crippen LogP contribution in [0.3, 0.4) is 0 Å². The van der Waals surface area contributed by atoms with Crippen LogP contribution < -0.4 is 14.6 Å². The van der Waals surface area contributed by atoms with E-state index in [1.165, 1.54) is 12.1 Å². The van der Waals surface area contributed by atoms with Gasteiger partial charge in [-0.15, -0.1) is 0 Å². The van der Waals surface area contributed by atoms with Gasteiger partial charge in [-0.1, -0.05) is 30.3 Å². The van der Waals surface area contributed by atoms with Crippen molar-refractivity contribution in [3.05, 3.63) is 59.7 Å². The molecule has 1 aliphatic heterocycles. The number of nitrogens with two attached hydrogens (primary N) is 1. The molecule has 0 unspecified atom stereocenters. The summed E-state index contributed by atoms with van der Waals surface area (Å²) in [6, 6.07) is 13.6. The van der Waals surface area contributed by atoms with E-state index >= 15 is 0 Å². The van der Waals surface area contributed by atoms with E-state index in [0.717, 1.165) is 16.8 Å².